The van der Waals surface area contributed by atoms with Crippen LogP contribution in [0.4, 0.5) is 0 Å². The normalized spacial score (nSPS) is 47.9. The molecule has 3 heteroatoms. The minimum absolute atomic E-state index is 0.0366. The lowest BCUT2D eigenvalue weighted by atomic mass is 9.42. The van der Waals surface area contributed by atoms with Crippen molar-refractivity contribution in [3.8, 4) is 0 Å². The first-order valence-corrected chi connectivity index (χ1v) is 14.4. The molecule has 3 nitrogen and oxygen atoms in total. The zero-order chi connectivity index (χ0) is 23.1. The number of rotatable bonds is 8. The van der Waals surface area contributed by atoms with Crippen LogP contribution in [0.3, 0.4) is 0 Å². The molecule has 7 unspecified atom stereocenters. The van der Waals surface area contributed by atoms with E-state index in [2.05, 4.69) is 39.9 Å². The first kappa shape index (κ1) is 25.0. The lowest BCUT2D eigenvalue weighted by Crippen LogP contribution is -2.66. The van der Waals surface area contributed by atoms with Crippen LogP contribution < -0.4 is 11.1 Å². The van der Waals surface area contributed by atoms with Crippen molar-refractivity contribution in [1.29, 1.82) is 0 Å². The van der Waals surface area contributed by atoms with Crippen LogP contribution >= 0.6 is 0 Å². The summed E-state index contributed by atoms with van der Waals surface area (Å²) in [6.45, 7) is 13.5. The number of nitrogens with one attached hydrogen (secondary N) is 1. The molecule has 4 fully saturated rings. The van der Waals surface area contributed by atoms with Crippen LogP contribution in [-0.2, 0) is 0 Å². The van der Waals surface area contributed by atoms with Crippen molar-refractivity contribution in [2.45, 2.75) is 136 Å². The lowest BCUT2D eigenvalue weighted by Gasteiger charge is -2.64. The predicted molar refractivity (Wildman–Crippen MR) is 135 cm³/mol. The molecule has 0 amide bonds. The van der Waals surface area contributed by atoms with E-state index >= 15 is 0 Å². The van der Waals surface area contributed by atoms with Gasteiger partial charge in [-0.05, 0) is 125 Å². The van der Waals surface area contributed by atoms with Crippen molar-refractivity contribution in [1.82, 2.24) is 5.32 Å². The Labute approximate surface area is 199 Å². The van der Waals surface area contributed by atoms with E-state index in [1.54, 1.807) is 0 Å². The quantitative estimate of drug-likeness (QED) is 0.411. The Morgan fingerprint density at radius 3 is 2.50 bits per heavy atom. The Morgan fingerprint density at radius 2 is 1.75 bits per heavy atom. The van der Waals surface area contributed by atoms with E-state index in [0.29, 0.717) is 22.8 Å². The van der Waals surface area contributed by atoms with Gasteiger partial charge in [-0.1, -0.05) is 40.5 Å². The van der Waals surface area contributed by atoms with Crippen LogP contribution in [0.5, 0.6) is 0 Å². The van der Waals surface area contributed by atoms with Gasteiger partial charge in [0.25, 0.3) is 0 Å². The van der Waals surface area contributed by atoms with Gasteiger partial charge in [0.05, 0.1) is 6.10 Å². The van der Waals surface area contributed by atoms with Gasteiger partial charge < -0.3 is 16.2 Å². The lowest BCUT2D eigenvalue weighted by molar-refractivity contribution is -0.138. The summed E-state index contributed by atoms with van der Waals surface area (Å²) in [6.07, 6.45) is 16.4. The standard InChI is InChI=1S/C29H54N2O/c1-6-18-31-21(3)9-7-8-20(2)24-14-17-29(30)26-11-10-22-19-23(32)12-15-27(22,4)25(26)13-16-28(24,29)5/h20-26,31-32H,6-19,30H2,1-5H3/t20?,21-,22?,23?,24+,25?,26?,27?,28+,29?/m0/s1. The van der Waals surface area contributed by atoms with E-state index in [0.717, 1.165) is 43.1 Å². The molecule has 0 aliphatic heterocycles. The van der Waals surface area contributed by atoms with Crippen LogP contribution in [0.2, 0.25) is 0 Å². The van der Waals surface area contributed by atoms with Crippen molar-refractivity contribution in [3.63, 3.8) is 0 Å². The van der Waals surface area contributed by atoms with E-state index < -0.39 is 0 Å². The topological polar surface area (TPSA) is 58.3 Å². The number of hydrogen-bond donors (Lipinski definition) is 3. The van der Waals surface area contributed by atoms with E-state index in [1.165, 1.54) is 70.6 Å². The molecule has 0 aromatic carbocycles. The molecule has 0 spiro atoms. The second-order valence-electron chi connectivity index (χ2n) is 13.3. The monoisotopic (exact) mass is 446 g/mol. The van der Waals surface area contributed by atoms with Crippen molar-refractivity contribution in [3.05, 3.63) is 0 Å². The molecule has 4 N–H and O–H groups in total. The fourth-order valence-corrected chi connectivity index (χ4v) is 9.70. The second-order valence-corrected chi connectivity index (χ2v) is 13.3. The Balaban J connectivity index is 1.42. The summed E-state index contributed by atoms with van der Waals surface area (Å²) in [7, 11) is 0. The molecule has 0 aromatic rings. The highest BCUT2D eigenvalue weighted by Gasteiger charge is 2.66. The Bertz CT molecular complexity index is 639. The first-order chi connectivity index (χ1) is 15.2. The van der Waals surface area contributed by atoms with Gasteiger partial charge in [-0.3, -0.25) is 0 Å². The third kappa shape index (κ3) is 4.11. The number of aliphatic hydroxyl groups is 1. The van der Waals surface area contributed by atoms with Crippen LogP contribution in [0.15, 0.2) is 0 Å². The van der Waals surface area contributed by atoms with Gasteiger partial charge in [-0.2, -0.15) is 0 Å². The number of nitrogens with two attached hydrogens (primary N) is 1. The molecule has 4 rings (SSSR count). The minimum Gasteiger partial charge on any atom is -0.393 e. The van der Waals surface area contributed by atoms with Crippen LogP contribution in [0.1, 0.15) is 118 Å². The van der Waals surface area contributed by atoms with Gasteiger partial charge in [0.1, 0.15) is 0 Å². The second kappa shape index (κ2) is 9.50. The van der Waals surface area contributed by atoms with Crippen molar-refractivity contribution >= 4 is 0 Å². The molecular formula is C29H54N2O. The van der Waals surface area contributed by atoms with E-state index in [-0.39, 0.29) is 11.6 Å². The minimum atomic E-state index is -0.0538. The molecule has 186 valence electrons. The van der Waals surface area contributed by atoms with E-state index in [4.69, 9.17) is 5.73 Å². The maximum absolute atomic E-state index is 10.3. The number of hydrogen-bond acceptors (Lipinski definition) is 3. The molecule has 4 aliphatic rings. The van der Waals surface area contributed by atoms with Gasteiger partial charge in [0, 0.05) is 11.6 Å². The van der Waals surface area contributed by atoms with Gasteiger partial charge in [-0.25, -0.2) is 0 Å². The fourth-order valence-electron chi connectivity index (χ4n) is 9.70. The molecule has 10 atom stereocenters. The summed E-state index contributed by atoms with van der Waals surface area (Å²) in [5.41, 5.74) is 8.33. The highest BCUT2D eigenvalue weighted by atomic mass is 16.3. The maximum Gasteiger partial charge on any atom is 0.0543 e. The molecule has 4 saturated carbocycles. The average Bonchev–Trinajstić information content (AvgIpc) is 3.04. The molecular weight excluding hydrogens is 392 g/mol. The molecule has 0 radical (unpaired) electrons. The molecule has 0 heterocycles. The molecule has 4 aliphatic carbocycles. The van der Waals surface area contributed by atoms with Gasteiger partial charge >= 0.3 is 0 Å². The van der Waals surface area contributed by atoms with E-state index in [9.17, 15) is 5.11 Å². The fraction of sp³-hybridized carbons (Fsp3) is 1.00. The third-order valence-electron chi connectivity index (χ3n) is 11.8. The zero-order valence-corrected chi connectivity index (χ0v) is 22.0. The summed E-state index contributed by atoms with van der Waals surface area (Å²) in [5.74, 6) is 3.79. The summed E-state index contributed by atoms with van der Waals surface area (Å²) in [6, 6.07) is 0.648. The largest absolute Gasteiger partial charge is 0.393 e. The molecule has 32 heavy (non-hydrogen) atoms. The Kier molecular flexibility index (Phi) is 7.42. The van der Waals surface area contributed by atoms with Crippen molar-refractivity contribution in [2.24, 2.45) is 46.2 Å². The van der Waals surface area contributed by atoms with Crippen LogP contribution in [0.25, 0.3) is 0 Å². The number of aliphatic hydroxyl groups excluding tert-OH is 1. The average molecular weight is 447 g/mol. The van der Waals surface area contributed by atoms with Crippen molar-refractivity contribution in [2.75, 3.05) is 6.54 Å². The zero-order valence-electron chi connectivity index (χ0n) is 22.0. The third-order valence-corrected chi connectivity index (χ3v) is 11.8. The summed E-state index contributed by atoms with van der Waals surface area (Å²) >= 11 is 0. The van der Waals surface area contributed by atoms with Crippen LogP contribution in [-0.4, -0.2) is 29.3 Å². The van der Waals surface area contributed by atoms with E-state index in [1.807, 2.05) is 0 Å². The molecule has 0 aromatic heterocycles. The Hall–Kier alpha value is -0.120. The highest BCUT2D eigenvalue weighted by Crippen LogP contribution is 2.69. The van der Waals surface area contributed by atoms with Gasteiger partial charge in [-0.15, -0.1) is 0 Å². The summed E-state index contributed by atoms with van der Waals surface area (Å²) in [5, 5.41) is 14.0. The molecule has 0 saturated heterocycles. The van der Waals surface area contributed by atoms with Gasteiger partial charge in [0.15, 0.2) is 0 Å². The van der Waals surface area contributed by atoms with Crippen LogP contribution in [0, 0.1) is 40.4 Å². The van der Waals surface area contributed by atoms with Crippen molar-refractivity contribution < 1.29 is 5.11 Å². The number of fused-ring (bicyclic) bond motifs is 5. The van der Waals surface area contributed by atoms with Gasteiger partial charge in [0.2, 0.25) is 0 Å². The SMILES string of the molecule is CCCN[C@@H](C)CCCC(C)[C@H]1CCC2(N)C3CCC4CC(O)CCC4(C)C3CC[C@]12C. The Morgan fingerprint density at radius 1 is 0.969 bits per heavy atom. The summed E-state index contributed by atoms with van der Waals surface area (Å²) in [4.78, 5) is 0. The summed E-state index contributed by atoms with van der Waals surface area (Å²) < 4.78 is 0. The highest BCUT2D eigenvalue weighted by molar-refractivity contribution is 5.19. The molecule has 0 bridgehead atoms. The predicted octanol–water partition coefficient (Wildman–Crippen LogP) is 6.28. The maximum atomic E-state index is 10.3. The smallest absolute Gasteiger partial charge is 0.0543 e. The first-order valence-electron chi connectivity index (χ1n) is 14.4.